The van der Waals surface area contributed by atoms with Crippen LogP contribution in [0, 0.1) is 18.3 Å². The second-order valence-electron chi connectivity index (χ2n) is 8.71. The van der Waals surface area contributed by atoms with Crippen LogP contribution in [-0.2, 0) is 11.3 Å². The van der Waals surface area contributed by atoms with Gasteiger partial charge in [0.2, 0.25) is 0 Å². The molecule has 2 fully saturated rings. The highest BCUT2D eigenvalue weighted by Crippen LogP contribution is 2.36. The molecule has 3 rings (SSSR count). The number of thioether (sulfide) groups is 1. The SMILES string of the molecule is CCCCCCN1C(=O)C(=Cc2c(C)c(C#N)c(=O)n(CC)c2N2CCN(CC)CC2)SC1=S. The highest BCUT2D eigenvalue weighted by atomic mass is 32.2. The van der Waals surface area contributed by atoms with E-state index in [4.69, 9.17) is 12.2 Å². The third-order valence-corrected chi connectivity index (χ3v) is 8.04. The lowest BCUT2D eigenvalue weighted by atomic mass is 10.0. The number of carbonyl (C=O) groups excluding carboxylic acids is 1. The van der Waals surface area contributed by atoms with Crippen molar-refractivity contribution in [3.05, 3.63) is 31.9 Å². The molecule has 0 bridgehead atoms. The third kappa shape index (κ3) is 5.40. The number of hydrogen-bond acceptors (Lipinski definition) is 7. The zero-order valence-electron chi connectivity index (χ0n) is 20.7. The van der Waals surface area contributed by atoms with E-state index in [9.17, 15) is 14.9 Å². The van der Waals surface area contributed by atoms with Crippen LogP contribution in [0.15, 0.2) is 9.70 Å². The van der Waals surface area contributed by atoms with Crippen LogP contribution < -0.4 is 10.5 Å². The molecular formula is C25H35N5O2S2. The van der Waals surface area contributed by atoms with Crippen molar-refractivity contribution in [1.82, 2.24) is 14.4 Å². The summed E-state index contributed by atoms with van der Waals surface area (Å²) in [5.74, 6) is 0.716. The molecule has 0 aromatic carbocycles. The fourth-order valence-electron chi connectivity index (χ4n) is 4.57. The summed E-state index contributed by atoms with van der Waals surface area (Å²) in [5.41, 5.74) is 1.27. The summed E-state index contributed by atoms with van der Waals surface area (Å²) in [6.45, 7) is 13.5. The number of anilines is 1. The number of aromatic nitrogens is 1. The maximum Gasteiger partial charge on any atom is 0.270 e. The summed E-state index contributed by atoms with van der Waals surface area (Å²) in [4.78, 5) is 33.2. The van der Waals surface area contributed by atoms with Crippen LogP contribution >= 0.6 is 24.0 Å². The number of hydrogen-bond donors (Lipinski definition) is 0. The normalized spacial score (nSPS) is 18.3. The van der Waals surface area contributed by atoms with E-state index < -0.39 is 0 Å². The Morgan fingerprint density at radius 1 is 1.06 bits per heavy atom. The largest absolute Gasteiger partial charge is 0.355 e. The third-order valence-electron chi connectivity index (χ3n) is 6.67. The molecule has 34 heavy (non-hydrogen) atoms. The topological polar surface area (TPSA) is 72.6 Å². The first-order valence-corrected chi connectivity index (χ1v) is 13.5. The van der Waals surface area contributed by atoms with Gasteiger partial charge in [0.1, 0.15) is 21.8 Å². The molecule has 3 heterocycles. The maximum atomic E-state index is 13.2. The summed E-state index contributed by atoms with van der Waals surface area (Å²) in [5, 5.41) is 9.74. The second-order valence-corrected chi connectivity index (χ2v) is 10.4. The number of nitrogens with zero attached hydrogens (tertiary/aromatic N) is 5. The van der Waals surface area contributed by atoms with Crippen molar-refractivity contribution >= 4 is 46.1 Å². The monoisotopic (exact) mass is 501 g/mol. The van der Waals surface area contributed by atoms with Gasteiger partial charge in [-0.05, 0) is 38.5 Å². The molecule has 2 saturated heterocycles. The number of amides is 1. The first kappa shape index (κ1) is 26.5. The molecule has 7 nitrogen and oxygen atoms in total. The van der Waals surface area contributed by atoms with Gasteiger partial charge < -0.3 is 9.80 Å². The molecule has 2 aliphatic heterocycles. The van der Waals surface area contributed by atoms with Gasteiger partial charge in [0, 0.05) is 44.8 Å². The predicted molar refractivity (Wildman–Crippen MR) is 144 cm³/mol. The Labute approximate surface area is 212 Å². The Kier molecular flexibility index (Phi) is 9.34. The van der Waals surface area contributed by atoms with Crippen LogP contribution in [0.4, 0.5) is 5.82 Å². The van der Waals surface area contributed by atoms with Gasteiger partial charge in [-0.15, -0.1) is 0 Å². The van der Waals surface area contributed by atoms with E-state index in [2.05, 4.69) is 29.7 Å². The van der Waals surface area contributed by atoms with Gasteiger partial charge in [-0.3, -0.25) is 19.1 Å². The minimum absolute atomic E-state index is 0.0830. The maximum absolute atomic E-state index is 13.2. The molecule has 9 heteroatoms. The number of pyridine rings is 1. The number of carbonyl (C=O) groups is 1. The lowest BCUT2D eigenvalue weighted by Gasteiger charge is -2.37. The molecule has 1 aromatic rings. The van der Waals surface area contributed by atoms with Gasteiger partial charge in [-0.2, -0.15) is 5.26 Å². The Morgan fingerprint density at radius 3 is 2.35 bits per heavy atom. The van der Waals surface area contributed by atoms with E-state index >= 15 is 0 Å². The quantitative estimate of drug-likeness (QED) is 0.288. The zero-order chi connectivity index (χ0) is 24.8. The molecule has 0 spiro atoms. The van der Waals surface area contributed by atoms with E-state index in [0.29, 0.717) is 27.9 Å². The molecule has 0 radical (unpaired) electrons. The van der Waals surface area contributed by atoms with E-state index in [0.717, 1.165) is 69.8 Å². The van der Waals surface area contributed by atoms with E-state index in [1.54, 1.807) is 9.47 Å². The van der Waals surface area contributed by atoms with Crippen molar-refractivity contribution in [3.8, 4) is 6.07 Å². The highest BCUT2D eigenvalue weighted by molar-refractivity contribution is 8.26. The van der Waals surface area contributed by atoms with E-state index in [-0.39, 0.29) is 17.0 Å². The summed E-state index contributed by atoms with van der Waals surface area (Å²) in [7, 11) is 0. The summed E-state index contributed by atoms with van der Waals surface area (Å²) < 4.78 is 2.26. The van der Waals surface area contributed by atoms with Gasteiger partial charge in [-0.25, -0.2) is 0 Å². The standard InChI is InChI=1S/C25H35N5O2S2/c1-5-8-9-10-11-30-24(32)21(34-25(30)33)16-19-18(4)20(17-26)23(31)29(7-3)22(19)28-14-12-27(6-2)13-15-28/h16H,5-15H2,1-4H3. The van der Waals surface area contributed by atoms with E-state index in [1.807, 2.05) is 19.9 Å². The molecular weight excluding hydrogens is 466 g/mol. The van der Waals surface area contributed by atoms with Gasteiger partial charge >= 0.3 is 0 Å². The fourth-order valence-corrected chi connectivity index (χ4v) is 5.87. The van der Waals surface area contributed by atoms with Gasteiger partial charge in [-0.1, -0.05) is 57.1 Å². The molecule has 0 unspecified atom stereocenters. The van der Waals surface area contributed by atoms with Gasteiger partial charge in [0.25, 0.3) is 11.5 Å². The molecule has 2 aliphatic rings. The number of unbranched alkanes of at least 4 members (excludes halogenated alkanes) is 3. The van der Waals surface area contributed by atoms with Crippen LogP contribution in [0.25, 0.3) is 6.08 Å². The number of likely N-dealkylation sites (N-methyl/N-ethyl adjacent to an activating group) is 1. The zero-order valence-corrected chi connectivity index (χ0v) is 22.4. The van der Waals surface area contributed by atoms with Crippen molar-refractivity contribution in [2.45, 2.75) is 59.9 Å². The van der Waals surface area contributed by atoms with Gasteiger partial charge in [0.05, 0.1) is 4.91 Å². The molecule has 1 aromatic heterocycles. The van der Waals surface area contributed by atoms with Crippen molar-refractivity contribution in [3.63, 3.8) is 0 Å². The van der Waals surface area contributed by atoms with Crippen LogP contribution in [-0.4, -0.2) is 63.9 Å². The Hall–Kier alpha value is -2.15. The molecule has 0 atom stereocenters. The Morgan fingerprint density at radius 2 is 1.76 bits per heavy atom. The van der Waals surface area contributed by atoms with Crippen molar-refractivity contribution in [2.75, 3.05) is 44.2 Å². The van der Waals surface area contributed by atoms with E-state index in [1.165, 1.54) is 11.8 Å². The molecule has 0 N–H and O–H groups in total. The summed E-state index contributed by atoms with van der Waals surface area (Å²) in [6.07, 6.45) is 6.15. The van der Waals surface area contributed by atoms with Gasteiger partial charge in [0.15, 0.2) is 0 Å². The van der Waals surface area contributed by atoms with Crippen LogP contribution in [0.5, 0.6) is 0 Å². The lowest BCUT2D eigenvalue weighted by Crippen LogP contribution is -2.48. The first-order chi connectivity index (χ1) is 16.4. The first-order valence-electron chi connectivity index (χ1n) is 12.3. The summed E-state index contributed by atoms with van der Waals surface area (Å²) >= 11 is 6.84. The average molecular weight is 502 g/mol. The predicted octanol–water partition coefficient (Wildman–Crippen LogP) is 3.97. The Bertz CT molecular complexity index is 1060. The molecule has 0 saturated carbocycles. The molecule has 0 aliphatic carbocycles. The molecule has 1 amide bonds. The fraction of sp³-hybridized carbons (Fsp3) is 0.600. The number of thiocarbonyl (C=S) groups is 1. The van der Waals surface area contributed by atoms with Crippen molar-refractivity contribution in [1.29, 1.82) is 5.26 Å². The Balaban J connectivity index is 2.04. The highest BCUT2D eigenvalue weighted by Gasteiger charge is 2.33. The smallest absolute Gasteiger partial charge is 0.270 e. The average Bonchev–Trinajstić information content (AvgIpc) is 3.11. The van der Waals surface area contributed by atoms with Crippen molar-refractivity contribution < 1.29 is 4.79 Å². The second kappa shape index (κ2) is 12.0. The minimum Gasteiger partial charge on any atom is -0.355 e. The van der Waals surface area contributed by atoms with Crippen LogP contribution in [0.2, 0.25) is 0 Å². The minimum atomic E-state index is -0.268. The summed E-state index contributed by atoms with van der Waals surface area (Å²) in [6, 6.07) is 2.10. The van der Waals surface area contributed by atoms with Crippen LogP contribution in [0.1, 0.15) is 63.1 Å². The number of piperazine rings is 1. The molecule has 184 valence electrons. The number of nitriles is 1. The number of rotatable bonds is 9. The lowest BCUT2D eigenvalue weighted by molar-refractivity contribution is -0.122. The van der Waals surface area contributed by atoms with Crippen LogP contribution in [0.3, 0.4) is 0 Å². The van der Waals surface area contributed by atoms with Crippen molar-refractivity contribution in [2.24, 2.45) is 0 Å².